The van der Waals surface area contributed by atoms with Crippen molar-refractivity contribution in [2.75, 3.05) is 0 Å². The number of thioether (sulfide) groups is 1. The highest BCUT2D eigenvalue weighted by Gasteiger charge is 2.22. The third kappa shape index (κ3) is 3.75. The zero-order valence-corrected chi connectivity index (χ0v) is 13.0. The van der Waals surface area contributed by atoms with Gasteiger partial charge in [0.25, 0.3) is 0 Å². The molecule has 0 saturated carbocycles. The summed E-state index contributed by atoms with van der Waals surface area (Å²) >= 11 is 7.65. The SMILES string of the molecule is CCC(c1nc(CSc2ccccc2Cl)no1)C(C)O. The molecule has 0 aliphatic rings. The van der Waals surface area contributed by atoms with E-state index in [4.69, 9.17) is 16.1 Å². The topological polar surface area (TPSA) is 59.2 Å². The number of nitrogens with zero attached hydrogens (tertiary/aromatic N) is 2. The maximum atomic E-state index is 9.67. The zero-order valence-electron chi connectivity index (χ0n) is 11.4. The van der Waals surface area contributed by atoms with Gasteiger partial charge in [0, 0.05) is 4.90 Å². The lowest BCUT2D eigenvalue weighted by atomic mass is 10.0. The lowest BCUT2D eigenvalue weighted by Crippen LogP contribution is -2.14. The number of aliphatic hydroxyl groups is 1. The minimum absolute atomic E-state index is 0.110. The maximum Gasteiger partial charge on any atom is 0.232 e. The van der Waals surface area contributed by atoms with E-state index >= 15 is 0 Å². The predicted molar refractivity (Wildman–Crippen MR) is 80.0 cm³/mol. The highest BCUT2D eigenvalue weighted by atomic mass is 35.5. The van der Waals surface area contributed by atoms with Crippen LogP contribution in [0.4, 0.5) is 0 Å². The minimum Gasteiger partial charge on any atom is -0.393 e. The molecular weight excluding hydrogens is 296 g/mol. The van der Waals surface area contributed by atoms with E-state index < -0.39 is 6.10 Å². The van der Waals surface area contributed by atoms with Crippen LogP contribution in [0.1, 0.15) is 37.9 Å². The van der Waals surface area contributed by atoms with Gasteiger partial charge in [-0.05, 0) is 25.5 Å². The summed E-state index contributed by atoms with van der Waals surface area (Å²) < 4.78 is 5.23. The van der Waals surface area contributed by atoms with Gasteiger partial charge in [-0.25, -0.2) is 0 Å². The van der Waals surface area contributed by atoms with E-state index in [1.165, 1.54) is 0 Å². The Morgan fingerprint density at radius 3 is 2.80 bits per heavy atom. The highest BCUT2D eigenvalue weighted by molar-refractivity contribution is 7.98. The molecule has 2 unspecified atom stereocenters. The summed E-state index contributed by atoms with van der Waals surface area (Å²) in [5.74, 6) is 1.59. The van der Waals surface area contributed by atoms with Crippen molar-refractivity contribution in [2.45, 2.75) is 42.9 Å². The van der Waals surface area contributed by atoms with Crippen LogP contribution in [0.25, 0.3) is 0 Å². The van der Waals surface area contributed by atoms with Gasteiger partial charge in [0.1, 0.15) is 0 Å². The van der Waals surface area contributed by atoms with Crippen LogP contribution in [0.3, 0.4) is 0 Å². The van der Waals surface area contributed by atoms with Crippen molar-refractivity contribution in [3.05, 3.63) is 41.0 Å². The third-order valence-electron chi connectivity index (χ3n) is 3.02. The van der Waals surface area contributed by atoms with Crippen molar-refractivity contribution in [1.82, 2.24) is 10.1 Å². The fourth-order valence-electron chi connectivity index (χ4n) is 1.90. The van der Waals surface area contributed by atoms with Gasteiger partial charge in [-0.2, -0.15) is 4.98 Å². The van der Waals surface area contributed by atoms with E-state index in [0.717, 1.165) is 16.3 Å². The molecule has 0 bridgehead atoms. The molecule has 0 fully saturated rings. The summed E-state index contributed by atoms with van der Waals surface area (Å²) in [5, 5.41) is 14.3. The second-order valence-electron chi connectivity index (χ2n) is 4.52. The molecular formula is C14H17ClN2O2S. The molecule has 108 valence electrons. The smallest absolute Gasteiger partial charge is 0.232 e. The summed E-state index contributed by atoms with van der Waals surface area (Å²) in [5.41, 5.74) is 0. The maximum absolute atomic E-state index is 9.67. The first-order valence-electron chi connectivity index (χ1n) is 6.49. The van der Waals surface area contributed by atoms with Gasteiger partial charge in [0.05, 0.1) is 22.8 Å². The van der Waals surface area contributed by atoms with Gasteiger partial charge in [0.2, 0.25) is 5.89 Å². The third-order valence-corrected chi connectivity index (χ3v) is 4.53. The first-order chi connectivity index (χ1) is 9.61. The molecule has 6 heteroatoms. The zero-order chi connectivity index (χ0) is 14.5. The van der Waals surface area contributed by atoms with Gasteiger partial charge in [-0.15, -0.1) is 11.8 Å². The van der Waals surface area contributed by atoms with Crippen LogP contribution in [-0.4, -0.2) is 21.4 Å². The van der Waals surface area contributed by atoms with E-state index in [0.29, 0.717) is 17.5 Å². The van der Waals surface area contributed by atoms with Crippen molar-refractivity contribution >= 4 is 23.4 Å². The van der Waals surface area contributed by atoms with E-state index in [1.54, 1.807) is 18.7 Å². The predicted octanol–water partition coefficient (Wildman–Crippen LogP) is 3.89. The number of hydrogen-bond acceptors (Lipinski definition) is 5. The molecule has 0 aliphatic carbocycles. The van der Waals surface area contributed by atoms with Crippen LogP contribution < -0.4 is 0 Å². The van der Waals surface area contributed by atoms with Gasteiger partial charge in [-0.1, -0.05) is 35.8 Å². The van der Waals surface area contributed by atoms with Gasteiger partial charge in [0.15, 0.2) is 5.82 Å². The Balaban J connectivity index is 2.01. The van der Waals surface area contributed by atoms with Crippen LogP contribution in [0.2, 0.25) is 5.02 Å². The lowest BCUT2D eigenvalue weighted by Gasteiger charge is -2.12. The summed E-state index contributed by atoms with van der Waals surface area (Å²) in [6, 6.07) is 7.65. The molecule has 0 spiro atoms. The summed E-state index contributed by atoms with van der Waals surface area (Å²) in [6.07, 6.45) is 0.265. The standard InChI is InChI=1S/C14H17ClN2O2S/c1-3-10(9(2)18)14-16-13(17-19-14)8-20-12-7-5-4-6-11(12)15/h4-7,9-10,18H,3,8H2,1-2H3. The van der Waals surface area contributed by atoms with Crippen LogP contribution in [0.5, 0.6) is 0 Å². The molecule has 1 aromatic heterocycles. The molecule has 0 radical (unpaired) electrons. The largest absolute Gasteiger partial charge is 0.393 e. The van der Waals surface area contributed by atoms with E-state index in [9.17, 15) is 5.11 Å². The summed E-state index contributed by atoms with van der Waals surface area (Å²) in [6.45, 7) is 3.72. The first-order valence-corrected chi connectivity index (χ1v) is 7.86. The fourth-order valence-corrected chi connectivity index (χ4v) is 2.98. The second kappa shape index (κ2) is 7.11. The van der Waals surface area contributed by atoms with Crippen LogP contribution in [0.15, 0.2) is 33.7 Å². The summed E-state index contributed by atoms with van der Waals surface area (Å²) in [7, 11) is 0. The van der Waals surface area contributed by atoms with Crippen molar-refractivity contribution in [3.63, 3.8) is 0 Å². The summed E-state index contributed by atoms with van der Waals surface area (Å²) in [4.78, 5) is 5.33. The number of halogens is 1. The normalized spacial score (nSPS) is 14.2. The monoisotopic (exact) mass is 312 g/mol. The molecule has 4 nitrogen and oxygen atoms in total. The molecule has 1 heterocycles. The van der Waals surface area contributed by atoms with Crippen LogP contribution in [-0.2, 0) is 5.75 Å². The average molecular weight is 313 g/mol. The highest BCUT2D eigenvalue weighted by Crippen LogP contribution is 2.29. The molecule has 0 aliphatic heterocycles. The number of aromatic nitrogens is 2. The van der Waals surface area contributed by atoms with Crippen molar-refractivity contribution in [3.8, 4) is 0 Å². The Bertz CT molecular complexity index is 560. The first kappa shape index (κ1) is 15.4. The molecule has 2 rings (SSSR count). The van der Waals surface area contributed by atoms with Crippen molar-refractivity contribution in [1.29, 1.82) is 0 Å². The van der Waals surface area contributed by atoms with Crippen LogP contribution in [0, 0.1) is 0 Å². The average Bonchev–Trinajstić information content (AvgIpc) is 2.87. The van der Waals surface area contributed by atoms with E-state index in [2.05, 4.69) is 10.1 Å². The van der Waals surface area contributed by atoms with E-state index in [-0.39, 0.29) is 5.92 Å². The molecule has 2 atom stereocenters. The lowest BCUT2D eigenvalue weighted by molar-refractivity contribution is 0.141. The number of rotatable bonds is 6. The quantitative estimate of drug-likeness (QED) is 0.820. The van der Waals surface area contributed by atoms with Gasteiger partial charge in [-0.3, -0.25) is 0 Å². The Morgan fingerprint density at radius 1 is 1.40 bits per heavy atom. The van der Waals surface area contributed by atoms with Gasteiger partial charge >= 0.3 is 0 Å². The molecule has 2 aromatic rings. The minimum atomic E-state index is -0.496. The Morgan fingerprint density at radius 2 is 2.15 bits per heavy atom. The Kier molecular flexibility index (Phi) is 5.46. The molecule has 0 amide bonds. The van der Waals surface area contributed by atoms with Crippen molar-refractivity contribution < 1.29 is 9.63 Å². The molecule has 1 aromatic carbocycles. The number of benzene rings is 1. The number of hydrogen-bond donors (Lipinski definition) is 1. The van der Waals surface area contributed by atoms with Crippen LogP contribution >= 0.6 is 23.4 Å². The molecule has 1 N–H and O–H groups in total. The number of aliphatic hydroxyl groups excluding tert-OH is 1. The van der Waals surface area contributed by atoms with E-state index in [1.807, 2.05) is 31.2 Å². The Hall–Kier alpha value is -1.04. The van der Waals surface area contributed by atoms with Gasteiger partial charge < -0.3 is 9.63 Å². The van der Waals surface area contributed by atoms with Crippen molar-refractivity contribution in [2.24, 2.45) is 0 Å². The second-order valence-corrected chi connectivity index (χ2v) is 5.95. The Labute approximate surface area is 127 Å². The molecule has 0 saturated heterocycles. The molecule has 20 heavy (non-hydrogen) atoms. The fraction of sp³-hybridized carbons (Fsp3) is 0.429.